The van der Waals surface area contributed by atoms with Gasteiger partial charge in [0.25, 0.3) is 0 Å². The lowest BCUT2D eigenvalue weighted by Crippen LogP contribution is -2.02. The molecular weight excluding hydrogens is 234 g/mol. The van der Waals surface area contributed by atoms with Crippen LogP contribution in [0.25, 0.3) is 0 Å². The molecular formula is C11H9ClF2N2. The van der Waals surface area contributed by atoms with Gasteiger partial charge in [0.05, 0.1) is 17.9 Å². The second-order valence-corrected chi connectivity index (χ2v) is 3.69. The van der Waals surface area contributed by atoms with Crippen molar-refractivity contribution in [3.8, 4) is 0 Å². The normalized spacial score (nSPS) is 10.7. The van der Waals surface area contributed by atoms with E-state index in [9.17, 15) is 8.78 Å². The number of hydrogen-bond acceptors (Lipinski definition) is 1. The third-order valence-electron chi connectivity index (χ3n) is 2.21. The summed E-state index contributed by atoms with van der Waals surface area (Å²) in [7, 11) is 0. The number of imidazole rings is 1. The molecule has 2 aromatic rings. The highest BCUT2D eigenvalue weighted by Gasteiger charge is 2.04. The fourth-order valence-electron chi connectivity index (χ4n) is 1.50. The van der Waals surface area contributed by atoms with Crippen LogP contribution in [0.2, 0.25) is 0 Å². The highest BCUT2D eigenvalue weighted by Crippen LogP contribution is 2.11. The van der Waals surface area contributed by atoms with E-state index in [1.165, 1.54) is 12.1 Å². The highest BCUT2D eigenvalue weighted by molar-refractivity contribution is 6.16. The standard InChI is InChI=1S/C11H9ClF2N2/c12-4-11-5-15-7-16(11)6-8-1-9(13)3-10(14)2-8/h1-3,5,7H,4,6H2. The molecule has 0 N–H and O–H groups in total. The predicted molar refractivity (Wildman–Crippen MR) is 57.2 cm³/mol. The van der Waals surface area contributed by atoms with E-state index in [0.29, 0.717) is 18.0 Å². The second-order valence-electron chi connectivity index (χ2n) is 3.42. The Bertz CT molecular complexity index is 476. The van der Waals surface area contributed by atoms with Crippen LogP contribution < -0.4 is 0 Å². The largest absolute Gasteiger partial charge is 0.329 e. The molecule has 1 heterocycles. The first-order chi connectivity index (χ1) is 7.69. The van der Waals surface area contributed by atoms with E-state index in [4.69, 9.17) is 11.6 Å². The van der Waals surface area contributed by atoms with Crippen molar-refractivity contribution in [2.75, 3.05) is 0 Å². The summed E-state index contributed by atoms with van der Waals surface area (Å²) >= 11 is 5.69. The molecule has 0 spiro atoms. The van der Waals surface area contributed by atoms with Gasteiger partial charge in [-0.2, -0.15) is 0 Å². The van der Waals surface area contributed by atoms with E-state index in [-0.39, 0.29) is 0 Å². The second kappa shape index (κ2) is 4.61. The molecule has 84 valence electrons. The van der Waals surface area contributed by atoms with Crippen LogP contribution in [-0.4, -0.2) is 9.55 Å². The first-order valence-corrected chi connectivity index (χ1v) is 5.22. The lowest BCUT2D eigenvalue weighted by molar-refractivity contribution is 0.577. The maximum Gasteiger partial charge on any atom is 0.126 e. The van der Waals surface area contributed by atoms with Crippen molar-refractivity contribution >= 4 is 11.6 Å². The van der Waals surface area contributed by atoms with Gasteiger partial charge in [0.15, 0.2) is 0 Å². The van der Waals surface area contributed by atoms with Crippen LogP contribution in [0.3, 0.4) is 0 Å². The van der Waals surface area contributed by atoms with Gasteiger partial charge < -0.3 is 4.57 Å². The smallest absolute Gasteiger partial charge is 0.126 e. The minimum atomic E-state index is -0.581. The molecule has 1 aromatic heterocycles. The van der Waals surface area contributed by atoms with Crippen molar-refractivity contribution < 1.29 is 8.78 Å². The lowest BCUT2D eigenvalue weighted by Gasteiger charge is -2.06. The average Bonchev–Trinajstić information content (AvgIpc) is 2.63. The van der Waals surface area contributed by atoms with Gasteiger partial charge in [0.1, 0.15) is 11.6 Å². The molecule has 2 rings (SSSR count). The Morgan fingerprint density at radius 2 is 1.88 bits per heavy atom. The number of halogens is 3. The first kappa shape index (κ1) is 11.1. The molecule has 0 bridgehead atoms. The Balaban J connectivity index is 2.26. The third kappa shape index (κ3) is 2.39. The summed E-state index contributed by atoms with van der Waals surface area (Å²) in [5.41, 5.74) is 1.35. The molecule has 0 aliphatic rings. The number of aromatic nitrogens is 2. The quantitative estimate of drug-likeness (QED) is 0.757. The summed E-state index contributed by atoms with van der Waals surface area (Å²) in [5.74, 6) is -0.845. The zero-order chi connectivity index (χ0) is 11.5. The molecule has 0 saturated carbocycles. The molecule has 1 aromatic carbocycles. The van der Waals surface area contributed by atoms with E-state index in [1.54, 1.807) is 17.1 Å². The van der Waals surface area contributed by atoms with Crippen LogP contribution >= 0.6 is 11.6 Å². The summed E-state index contributed by atoms with van der Waals surface area (Å²) in [6, 6.07) is 3.43. The van der Waals surface area contributed by atoms with Crippen molar-refractivity contribution in [1.82, 2.24) is 9.55 Å². The molecule has 0 amide bonds. The zero-order valence-corrected chi connectivity index (χ0v) is 9.09. The van der Waals surface area contributed by atoms with Gasteiger partial charge in [0, 0.05) is 18.8 Å². The fraction of sp³-hybridized carbons (Fsp3) is 0.182. The monoisotopic (exact) mass is 242 g/mol. The van der Waals surface area contributed by atoms with Crippen LogP contribution in [0.4, 0.5) is 8.78 Å². The first-order valence-electron chi connectivity index (χ1n) is 4.69. The van der Waals surface area contributed by atoms with Crippen LogP contribution in [0.15, 0.2) is 30.7 Å². The average molecular weight is 243 g/mol. The zero-order valence-electron chi connectivity index (χ0n) is 8.33. The topological polar surface area (TPSA) is 17.8 Å². The maximum atomic E-state index is 12.9. The minimum Gasteiger partial charge on any atom is -0.329 e. The van der Waals surface area contributed by atoms with Crippen molar-refractivity contribution in [2.45, 2.75) is 12.4 Å². The van der Waals surface area contributed by atoms with Crippen molar-refractivity contribution in [3.63, 3.8) is 0 Å². The van der Waals surface area contributed by atoms with E-state index < -0.39 is 11.6 Å². The summed E-state index contributed by atoms with van der Waals surface area (Å²) in [5, 5.41) is 0. The molecule has 2 nitrogen and oxygen atoms in total. The number of alkyl halides is 1. The van der Waals surface area contributed by atoms with E-state index >= 15 is 0 Å². The van der Waals surface area contributed by atoms with Crippen LogP contribution in [0, 0.1) is 11.6 Å². The van der Waals surface area contributed by atoms with Gasteiger partial charge in [-0.15, -0.1) is 11.6 Å². The molecule has 0 saturated heterocycles. The Hall–Kier alpha value is -1.42. The molecule has 0 radical (unpaired) electrons. The van der Waals surface area contributed by atoms with Gasteiger partial charge in [-0.05, 0) is 17.7 Å². The Kier molecular flexibility index (Phi) is 3.19. The Morgan fingerprint density at radius 1 is 1.19 bits per heavy atom. The van der Waals surface area contributed by atoms with Crippen molar-refractivity contribution in [3.05, 3.63) is 53.6 Å². The fourth-order valence-corrected chi connectivity index (χ4v) is 1.72. The summed E-state index contributed by atoms with van der Waals surface area (Å²) < 4.78 is 27.6. The van der Waals surface area contributed by atoms with Gasteiger partial charge in [-0.3, -0.25) is 0 Å². The lowest BCUT2D eigenvalue weighted by atomic mass is 10.2. The number of benzene rings is 1. The molecule has 0 fully saturated rings. The predicted octanol–water partition coefficient (Wildman–Crippen LogP) is 2.95. The number of nitrogens with zero attached hydrogens (tertiary/aromatic N) is 2. The van der Waals surface area contributed by atoms with E-state index in [2.05, 4.69) is 4.98 Å². The van der Waals surface area contributed by atoms with E-state index in [0.717, 1.165) is 11.8 Å². The molecule has 16 heavy (non-hydrogen) atoms. The van der Waals surface area contributed by atoms with Gasteiger partial charge in [0.2, 0.25) is 0 Å². The van der Waals surface area contributed by atoms with Gasteiger partial charge in [-0.25, -0.2) is 13.8 Å². The molecule has 0 aliphatic carbocycles. The maximum absolute atomic E-state index is 12.9. The summed E-state index contributed by atoms with van der Waals surface area (Å²) in [4.78, 5) is 3.93. The Morgan fingerprint density at radius 3 is 2.50 bits per heavy atom. The molecule has 0 unspecified atom stereocenters. The molecule has 5 heteroatoms. The van der Waals surface area contributed by atoms with Crippen LogP contribution in [0.1, 0.15) is 11.3 Å². The highest BCUT2D eigenvalue weighted by atomic mass is 35.5. The van der Waals surface area contributed by atoms with Crippen molar-refractivity contribution in [1.29, 1.82) is 0 Å². The Labute approximate surface area is 96.5 Å². The number of rotatable bonds is 3. The summed E-state index contributed by atoms with van der Waals surface area (Å²) in [6.45, 7) is 0.358. The minimum absolute atomic E-state index is 0.317. The SMILES string of the molecule is Fc1cc(F)cc(Cn2cncc2CCl)c1. The summed E-state index contributed by atoms with van der Waals surface area (Å²) in [6.07, 6.45) is 3.21. The number of hydrogen-bond donors (Lipinski definition) is 0. The van der Waals surface area contributed by atoms with Gasteiger partial charge in [-0.1, -0.05) is 0 Å². The van der Waals surface area contributed by atoms with Gasteiger partial charge >= 0.3 is 0 Å². The van der Waals surface area contributed by atoms with Crippen molar-refractivity contribution in [2.24, 2.45) is 0 Å². The third-order valence-corrected chi connectivity index (χ3v) is 2.48. The molecule has 0 aliphatic heterocycles. The molecule has 0 atom stereocenters. The van der Waals surface area contributed by atoms with E-state index in [1.807, 2.05) is 0 Å². The van der Waals surface area contributed by atoms with Crippen LogP contribution in [0.5, 0.6) is 0 Å². The van der Waals surface area contributed by atoms with Crippen LogP contribution in [-0.2, 0) is 12.4 Å².